The summed E-state index contributed by atoms with van der Waals surface area (Å²) in [6.45, 7) is 0.749. The first-order valence-corrected chi connectivity index (χ1v) is 13.6. The molecule has 0 radical (unpaired) electrons. The highest BCUT2D eigenvalue weighted by molar-refractivity contribution is 6.35. The third-order valence-corrected chi connectivity index (χ3v) is 8.08. The van der Waals surface area contributed by atoms with E-state index in [0.717, 1.165) is 19.4 Å². The van der Waals surface area contributed by atoms with Crippen LogP contribution in [0.3, 0.4) is 0 Å². The van der Waals surface area contributed by atoms with Crippen LogP contribution in [0.15, 0.2) is 24.3 Å². The van der Waals surface area contributed by atoms with Crippen molar-refractivity contribution in [1.29, 1.82) is 0 Å². The summed E-state index contributed by atoms with van der Waals surface area (Å²) in [5, 5.41) is 3.07. The summed E-state index contributed by atoms with van der Waals surface area (Å²) in [4.78, 5) is 16.9. The lowest BCUT2D eigenvalue weighted by Crippen LogP contribution is -2.39. The number of alkyl halides is 2. The number of halogens is 4. The number of aromatic nitrogens is 4. The number of nitrogens with one attached hydrogen (secondary N) is 1. The zero-order chi connectivity index (χ0) is 28.2. The maximum absolute atomic E-state index is 16.6. The van der Waals surface area contributed by atoms with Gasteiger partial charge in [0.2, 0.25) is 5.95 Å². The molecule has 13 heteroatoms. The summed E-state index contributed by atoms with van der Waals surface area (Å²) in [7, 11) is 3.75. The molecule has 0 amide bonds. The second kappa shape index (κ2) is 10.2. The molecule has 4 aromatic rings. The standard InChI is InChI=1S/C27H30ClF3N8O/c1-37-9-4-5-15(37)12-40-26-35-22-17(24(36-26)39-10-8-33-13-27(30,31)14-39)11-18(28)20(21(22)29)16-6-3-7-19-23(16)38(2)25(32)34-19/h3,6-7,11,15,33H,4-5,8-10,12-14H2,1-2H3,(H2,32,34)/t15-/m0/s1. The van der Waals surface area contributed by atoms with Gasteiger partial charge in [-0.1, -0.05) is 23.7 Å². The zero-order valence-electron chi connectivity index (χ0n) is 22.2. The highest BCUT2D eigenvalue weighted by Crippen LogP contribution is 2.41. The fraction of sp³-hybridized carbons (Fsp3) is 0.444. The van der Waals surface area contributed by atoms with E-state index in [2.05, 4.69) is 25.2 Å². The van der Waals surface area contributed by atoms with Gasteiger partial charge in [0.1, 0.15) is 17.9 Å². The number of imidazole rings is 1. The molecule has 4 heterocycles. The molecular weight excluding hydrogens is 545 g/mol. The molecular formula is C27H30ClF3N8O. The minimum atomic E-state index is -3.02. The Labute approximate surface area is 234 Å². The average Bonchev–Trinajstić information content (AvgIpc) is 3.39. The number of benzene rings is 2. The first-order valence-electron chi connectivity index (χ1n) is 13.2. The van der Waals surface area contributed by atoms with Crippen molar-refractivity contribution < 1.29 is 17.9 Å². The number of ether oxygens (including phenoxy) is 1. The topological polar surface area (TPSA) is 97.4 Å². The molecule has 0 unspecified atom stereocenters. The first-order chi connectivity index (χ1) is 19.1. The van der Waals surface area contributed by atoms with Gasteiger partial charge in [0.25, 0.3) is 5.92 Å². The van der Waals surface area contributed by atoms with Crippen molar-refractivity contribution in [2.75, 3.05) is 57.0 Å². The molecule has 2 aliphatic rings. The first kappa shape index (κ1) is 26.9. The highest BCUT2D eigenvalue weighted by atomic mass is 35.5. The Morgan fingerprint density at radius 2 is 2.02 bits per heavy atom. The van der Waals surface area contributed by atoms with Crippen LogP contribution in [0, 0.1) is 5.82 Å². The molecule has 9 nitrogen and oxygen atoms in total. The zero-order valence-corrected chi connectivity index (χ0v) is 23.0. The van der Waals surface area contributed by atoms with E-state index in [-0.39, 0.29) is 51.9 Å². The van der Waals surface area contributed by atoms with Crippen LogP contribution in [-0.2, 0) is 7.05 Å². The minimum Gasteiger partial charge on any atom is -0.462 e. The summed E-state index contributed by atoms with van der Waals surface area (Å²) in [5.74, 6) is -3.30. The number of para-hydroxylation sites is 1. The van der Waals surface area contributed by atoms with E-state index in [0.29, 0.717) is 29.7 Å². The smallest absolute Gasteiger partial charge is 0.319 e. The SMILES string of the molecule is CN1CCC[C@H]1COc1nc(N2CCNCC(F)(F)C2)c2cc(Cl)c(-c3cccc4nc(N)n(C)c34)c(F)c2n1. The van der Waals surface area contributed by atoms with Gasteiger partial charge in [-0.15, -0.1) is 0 Å². The predicted octanol–water partition coefficient (Wildman–Crippen LogP) is 4.08. The van der Waals surface area contributed by atoms with Crippen molar-refractivity contribution in [1.82, 2.24) is 29.7 Å². The molecule has 0 aliphatic carbocycles. The Bertz CT molecular complexity index is 1600. The van der Waals surface area contributed by atoms with Crippen LogP contribution in [-0.4, -0.2) is 82.8 Å². The average molecular weight is 575 g/mol. The van der Waals surface area contributed by atoms with Gasteiger partial charge in [-0.3, -0.25) is 0 Å². The van der Waals surface area contributed by atoms with E-state index in [4.69, 9.17) is 22.1 Å². The number of hydrogen-bond donors (Lipinski definition) is 2. The van der Waals surface area contributed by atoms with Crippen molar-refractivity contribution in [2.45, 2.75) is 24.8 Å². The summed E-state index contributed by atoms with van der Waals surface area (Å²) < 4.78 is 53.5. The number of rotatable bonds is 5. The number of nitrogens with zero attached hydrogens (tertiary/aromatic N) is 6. The van der Waals surface area contributed by atoms with Gasteiger partial charge in [-0.05, 0) is 38.6 Å². The molecule has 6 rings (SSSR count). The van der Waals surface area contributed by atoms with E-state index in [1.54, 1.807) is 29.8 Å². The van der Waals surface area contributed by atoms with Crippen LogP contribution in [0.25, 0.3) is 33.1 Å². The maximum Gasteiger partial charge on any atom is 0.319 e. The van der Waals surface area contributed by atoms with Crippen LogP contribution in [0.2, 0.25) is 5.02 Å². The van der Waals surface area contributed by atoms with Gasteiger partial charge in [-0.25, -0.2) is 18.2 Å². The number of likely N-dealkylation sites (N-methyl/N-ethyl adjacent to an activating group) is 1. The summed E-state index contributed by atoms with van der Waals surface area (Å²) in [5.41, 5.74) is 7.75. The van der Waals surface area contributed by atoms with Crippen molar-refractivity contribution in [3.8, 4) is 17.1 Å². The van der Waals surface area contributed by atoms with Crippen molar-refractivity contribution in [3.63, 3.8) is 0 Å². The Kier molecular flexibility index (Phi) is 6.87. The van der Waals surface area contributed by atoms with Crippen molar-refractivity contribution >= 4 is 45.3 Å². The fourth-order valence-electron chi connectivity index (χ4n) is 5.64. The fourth-order valence-corrected chi connectivity index (χ4v) is 5.94. The second-order valence-corrected chi connectivity index (χ2v) is 10.9. The van der Waals surface area contributed by atoms with Gasteiger partial charge < -0.3 is 30.2 Å². The molecule has 1 atom stereocenters. The molecule has 2 aliphatic heterocycles. The predicted molar refractivity (Wildman–Crippen MR) is 150 cm³/mol. The van der Waals surface area contributed by atoms with E-state index in [1.807, 2.05) is 7.05 Å². The van der Waals surface area contributed by atoms with Crippen LogP contribution >= 0.6 is 11.6 Å². The van der Waals surface area contributed by atoms with Gasteiger partial charge in [0, 0.05) is 42.7 Å². The molecule has 2 aromatic carbocycles. The molecule has 40 heavy (non-hydrogen) atoms. The van der Waals surface area contributed by atoms with Gasteiger partial charge in [-0.2, -0.15) is 9.97 Å². The maximum atomic E-state index is 16.6. The monoisotopic (exact) mass is 574 g/mol. The molecule has 0 bridgehead atoms. The van der Waals surface area contributed by atoms with Gasteiger partial charge in [0.15, 0.2) is 5.82 Å². The number of aryl methyl sites for hydroxylation is 1. The lowest BCUT2D eigenvalue weighted by molar-refractivity contribution is 0.0156. The largest absolute Gasteiger partial charge is 0.462 e. The van der Waals surface area contributed by atoms with Crippen molar-refractivity contribution in [2.24, 2.45) is 7.05 Å². The number of nitrogen functional groups attached to an aromatic ring is 1. The van der Waals surface area contributed by atoms with Crippen LogP contribution in [0.1, 0.15) is 12.8 Å². The molecule has 0 spiro atoms. The number of fused-ring (bicyclic) bond motifs is 2. The lowest BCUT2D eigenvalue weighted by Gasteiger charge is -2.26. The third-order valence-electron chi connectivity index (χ3n) is 7.78. The van der Waals surface area contributed by atoms with E-state index in [1.165, 1.54) is 11.0 Å². The summed E-state index contributed by atoms with van der Waals surface area (Å²) in [6.07, 6.45) is 2.00. The Morgan fingerprint density at radius 3 is 2.80 bits per heavy atom. The molecule has 3 N–H and O–H groups in total. The van der Waals surface area contributed by atoms with Gasteiger partial charge in [0.05, 0.1) is 29.1 Å². The highest BCUT2D eigenvalue weighted by Gasteiger charge is 2.35. The number of likely N-dealkylation sites (tertiary alicyclic amines) is 1. The molecule has 212 valence electrons. The second-order valence-electron chi connectivity index (χ2n) is 10.5. The normalized spacial score (nSPS) is 19.9. The summed E-state index contributed by atoms with van der Waals surface area (Å²) >= 11 is 6.73. The molecule has 2 saturated heterocycles. The quantitative estimate of drug-likeness (QED) is 0.368. The van der Waals surface area contributed by atoms with Crippen LogP contribution in [0.4, 0.5) is 24.9 Å². The lowest BCUT2D eigenvalue weighted by atomic mass is 10.0. The number of anilines is 2. The van der Waals surface area contributed by atoms with E-state index in [9.17, 15) is 8.78 Å². The van der Waals surface area contributed by atoms with Crippen LogP contribution < -0.4 is 20.7 Å². The Hall–Kier alpha value is -3.35. The van der Waals surface area contributed by atoms with E-state index >= 15 is 4.39 Å². The molecule has 2 fully saturated rings. The minimum absolute atomic E-state index is 0.0631. The number of hydrogen-bond acceptors (Lipinski definition) is 8. The Morgan fingerprint density at radius 1 is 1.20 bits per heavy atom. The third kappa shape index (κ3) is 4.77. The van der Waals surface area contributed by atoms with Crippen LogP contribution in [0.5, 0.6) is 6.01 Å². The summed E-state index contributed by atoms with van der Waals surface area (Å²) in [6, 6.07) is 6.88. The molecule has 0 saturated carbocycles. The van der Waals surface area contributed by atoms with E-state index < -0.39 is 24.8 Å². The molecule has 2 aromatic heterocycles. The van der Waals surface area contributed by atoms with Crippen molar-refractivity contribution in [3.05, 3.63) is 35.1 Å². The Balaban J connectivity index is 1.53. The van der Waals surface area contributed by atoms with Gasteiger partial charge >= 0.3 is 6.01 Å². The number of nitrogens with two attached hydrogens (primary N) is 1.